The molecule has 3 heteroatoms. The van der Waals surface area contributed by atoms with Gasteiger partial charge in [-0.25, -0.2) is 0 Å². The molecule has 1 nitrogen and oxygen atoms in total. The zero-order valence-electron chi connectivity index (χ0n) is 13.0. The fraction of sp³-hybridized carbons (Fsp3) is 0.158. The summed E-state index contributed by atoms with van der Waals surface area (Å²) in [5.41, 5.74) is 1.96. The van der Waals surface area contributed by atoms with E-state index in [1.54, 1.807) is 0 Å². The molecule has 3 rings (SSSR count). The van der Waals surface area contributed by atoms with E-state index in [0.717, 1.165) is 26.4 Å². The molecule has 0 spiro atoms. The molecule has 0 atom stereocenters. The van der Waals surface area contributed by atoms with Gasteiger partial charge in [-0.1, -0.05) is 83.2 Å². The standard InChI is InChI=1S/C19H19BrOSi/c1-22(2,3)13-10-11-17(19(21)12-13)15-6-4-8-16-14(15)7-5-9-18(16)20/h4-12,21H,1-3H3. The van der Waals surface area contributed by atoms with Crippen LogP contribution in [0.1, 0.15) is 0 Å². The lowest BCUT2D eigenvalue weighted by Gasteiger charge is -2.18. The fourth-order valence-corrected chi connectivity index (χ4v) is 4.38. The van der Waals surface area contributed by atoms with Gasteiger partial charge in [-0.15, -0.1) is 0 Å². The Labute approximate surface area is 140 Å². The van der Waals surface area contributed by atoms with Gasteiger partial charge >= 0.3 is 0 Å². The van der Waals surface area contributed by atoms with E-state index in [9.17, 15) is 5.11 Å². The average molecular weight is 371 g/mol. The maximum Gasteiger partial charge on any atom is 0.123 e. The Morgan fingerprint density at radius 2 is 1.50 bits per heavy atom. The molecular weight excluding hydrogens is 352 g/mol. The maximum absolute atomic E-state index is 10.5. The molecule has 22 heavy (non-hydrogen) atoms. The van der Waals surface area contributed by atoms with E-state index in [0.29, 0.717) is 5.75 Å². The molecule has 0 aliphatic heterocycles. The van der Waals surface area contributed by atoms with E-state index in [-0.39, 0.29) is 0 Å². The number of aromatic hydroxyl groups is 1. The Hall–Kier alpha value is -1.58. The zero-order valence-corrected chi connectivity index (χ0v) is 15.6. The molecule has 0 aliphatic carbocycles. The molecule has 1 N–H and O–H groups in total. The van der Waals surface area contributed by atoms with Gasteiger partial charge in [-0.2, -0.15) is 0 Å². The molecule has 0 aliphatic rings. The van der Waals surface area contributed by atoms with Crippen LogP contribution in [0, 0.1) is 0 Å². The minimum Gasteiger partial charge on any atom is -0.507 e. The molecule has 0 heterocycles. The van der Waals surface area contributed by atoms with Crippen molar-refractivity contribution in [2.45, 2.75) is 19.6 Å². The molecular formula is C19H19BrOSi. The highest BCUT2D eigenvalue weighted by atomic mass is 79.9. The van der Waals surface area contributed by atoms with Crippen molar-refractivity contribution in [1.82, 2.24) is 0 Å². The Kier molecular flexibility index (Phi) is 3.87. The third-order valence-electron chi connectivity index (χ3n) is 4.02. The van der Waals surface area contributed by atoms with Gasteiger partial charge in [0.15, 0.2) is 0 Å². The first-order valence-electron chi connectivity index (χ1n) is 7.39. The Balaban J connectivity index is 2.23. The first-order valence-corrected chi connectivity index (χ1v) is 11.7. The Morgan fingerprint density at radius 3 is 2.18 bits per heavy atom. The molecule has 0 fully saturated rings. The summed E-state index contributed by atoms with van der Waals surface area (Å²) >= 11 is 3.60. The smallest absolute Gasteiger partial charge is 0.123 e. The molecule has 0 radical (unpaired) electrons. The van der Waals surface area contributed by atoms with E-state index < -0.39 is 8.07 Å². The van der Waals surface area contributed by atoms with Crippen LogP contribution in [0.3, 0.4) is 0 Å². The van der Waals surface area contributed by atoms with Gasteiger partial charge in [0.05, 0.1) is 8.07 Å². The van der Waals surface area contributed by atoms with Gasteiger partial charge in [-0.05, 0) is 28.5 Å². The monoisotopic (exact) mass is 370 g/mol. The fourth-order valence-electron chi connectivity index (χ4n) is 2.73. The second-order valence-electron chi connectivity index (χ2n) is 6.62. The van der Waals surface area contributed by atoms with E-state index in [1.807, 2.05) is 24.3 Å². The van der Waals surface area contributed by atoms with Crippen LogP contribution in [0.25, 0.3) is 21.9 Å². The number of phenolic OH excluding ortho intramolecular Hbond substituents is 1. The van der Waals surface area contributed by atoms with Crippen molar-refractivity contribution in [1.29, 1.82) is 0 Å². The van der Waals surface area contributed by atoms with Gasteiger partial charge in [0.25, 0.3) is 0 Å². The van der Waals surface area contributed by atoms with Crippen molar-refractivity contribution in [2.24, 2.45) is 0 Å². The first-order chi connectivity index (χ1) is 10.4. The van der Waals surface area contributed by atoms with Gasteiger partial charge in [0.2, 0.25) is 0 Å². The number of halogens is 1. The van der Waals surface area contributed by atoms with Gasteiger partial charge in [0, 0.05) is 10.0 Å². The summed E-state index contributed by atoms with van der Waals surface area (Å²) < 4.78 is 1.07. The molecule has 3 aromatic rings. The normalized spacial score (nSPS) is 11.8. The summed E-state index contributed by atoms with van der Waals surface area (Å²) in [6.07, 6.45) is 0. The van der Waals surface area contributed by atoms with E-state index in [2.05, 4.69) is 65.9 Å². The summed E-state index contributed by atoms with van der Waals surface area (Å²) in [5, 5.41) is 14.1. The molecule has 112 valence electrons. The molecule has 0 aromatic heterocycles. The molecule has 0 bridgehead atoms. The number of hydrogen-bond acceptors (Lipinski definition) is 1. The summed E-state index contributed by atoms with van der Waals surface area (Å²) in [7, 11) is -1.42. The second-order valence-corrected chi connectivity index (χ2v) is 12.6. The van der Waals surface area contributed by atoms with Crippen LogP contribution in [0.5, 0.6) is 5.75 Å². The van der Waals surface area contributed by atoms with Crippen LogP contribution in [0.15, 0.2) is 59.1 Å². The van der Waals surface area contributed by atoms with Crippen LogP contribution in [0.2, 0.25) is 19.6 Å². The predicted molar refractivity (Wildman–Crippen MR) is 102 cm³/mol. The van der Waals surface area contributed by atoms with Gasteiger partial charge < -0.3 is 5.11 Å². The summed E-state index contributed by atoms with van der Waals surface area (Å²) in [4.78, 5) is 0. The van der Waals surface area contributed by atoms with Crippen molar-refractivity contribution >= 4 is 40.0 Å². The molecule has 3 aromatic carbocycles. The molecule has 0 saturated heterocycles. The quantitative estimate of drug-likeness (QED) is 0.588. The number of fused-ring (bicyclic) bond motifs is 1. The van der Waals surface area contributed by atoms with Crippen molar-refractivity contribution in [3.63, 3.8) is 0 Å². The van der Waals surface area contributed by atoms with Crippen molar-refractivity contribution < 1.29 is 5.11 Å². The topological polar surface area (TPSA) is 20.2 Å². The number of phenols is 1. The minimum absolute atomic E-state index is 0.368. The lowest BCUT2D eigenvalue weighted by atomic mass is 9.98. The van der Waals surface area contributed by atoms with Crippen LogP contribution in [-0.4, -0.2) is 13.2 Å². The lowest BCUT2D eigenvalue weighted by Crippen LogP contribution is -2.37. The lowest BCUT2D eigenvalue weighted by molar-refractivity contribution is 0.478. The third-order valence-corrected chi connectivity index (χ3v) is 6.76. The largest absolute Gasteiger partial charge is 0.507 e. The minimum atomic E-state index is -1.42. The third kappa shape index (κ3) is 2.71. The van der Waals surface area contributed by atoms with E-state index in [4.69, 9.17) is 0 Å². The SMILES string of the molecule is C[Si](C)(C)c1ccc(-c2cccc3c(Br)cccc23)c(O)c1. The Bertz CT molecular complexity index is 850. The van der Waals surface area contributed by atoms with Gasteiger partial charge in [-0.3, -0.25) is 0 Å². The first kappa shape index (κ1) is 15.3. The highest BCUT2D eigenvalue weighted by Crippen LogP contribution is 2.36. The van der Waals surface area contributed by atoms with Crippen molar-refractivity contribution in [3.8, 4) is 16.9 Å². The molecule has 0 amide bonds. The summed E-state index contributed by atoms with van der Waals surface area (Å²) in [6.45, 7) is 6.86. The maximum atomic E-state index is 10.5. The summed E-state index contributed by atoms with van der Waals surface area (Å²) in [6, 6.07) is 18.5. The highest BCUT2D eigenvalue weighted by Gasteiger charge is 2.18. The van der Waals surface area contributed by atoms with E-state index >= 15 is 0 Å². The second kappa shape index (κ2) is 5.56. The Morgan fingerprint density at radius 1 is 0.818 bits per heavy atom. The number of hydrogen-bond donors (Lipinski definition) is 1. The highest BCUT2D eigenvalue weighted by molar-refractivity contribution is 9.10. The van der Waals surface area contributed by atoms with Crippen LogP contribution < -0.4 is 5.19 Å². The van der Waals surface area contributed by atoms with Crippen molar-refractivity contribution in [2.75, 3.05) is 0 Å². The van der Waals surface area contributed by atoms with Crippen LogP contribution in [0.4, 0.5) is 0 Å². The number of rotatable bonds is 2. The average Bonchev–Trinajstić information content (AvgIpc) is 2.46. The van der Waals surface area contributed by atoms with Crippen LogP contribution in [-0.2, 0) is 0 Å². The van der Waals surface area contributed by atoms with Crippen molar-refractivity contribution in [3.05, 3.63) is 59.1 Å². The molecule has 0 saturated carbocycles. The zero-order chi connectivity index (χ0) is 15.9. The predicted octanol–water partition coefficient (Wildman–Crippen LogP) is 5.52. The summed E-state index contributed by atoms with van der Waals surface area (Å²) in [5.74, 6) is 0.368. The van der Waals surface area contributed by atoms with Crippen LogP contribution >= 0.6 is 15.9 Å². The van der Waals surface area contributed by atoms with E-state index in [1.165, 1.54) is 5.19 Å². The molecule has 0 unspecified atom stereocenters. The number of benzene rings is 3. The van der Waals surface area contributed by atoms with Gasteiger partial charge in [0.1, 0.15) is 5.75 Å².